The van der Waals surface area contributed by atoms with E-state index in [1.165, 1.54) is 6.42 Å². The average Bonchev–Trinajstić information content (AvgIpc) is 3.10. The van der Waals surface area contributed by atoms with Gasteiger partial charge in [0.1, 0.15) is 0 Å². The molecular formula is C14H23N3O2. The highest BCUT2D eigenvalue weighted by molar-refractivity contribution is 5.08. The predicted octanol–water partition coefficient (Wildman–Crippen LogP) is 2.19. The van der Waals surface area contributed by atoms with Crippen LogP contribution in [-0.2, 0) is 4.74 Å². The Bertz CT molecular complexity index is 432. The van der Waals surface area contributed by atoms with E-state index in [0.717, 1.165) is 25.1 Å². The molecule has 2 aliphatic heterocycles. The van der Waals surface area contributed by atoms with Gasteiger partial charge in [0.15, 0.2) is 5.82 Å². The van der Waals surface area contributed by atoms with Crippen LogP contribution in [0.25, 0.3) is 0 Å². The number of fused-ring (bicyclic) bond motifs is 2. The number of nitrogens with two attached hydrogens (primary N) is 1. The van der Waals surface area contributed by atoms with Gasteiger partial charge >= 0.3 is 0 Å². The highest BCUT2D eigenvalue weighted by Gasteiger charge is 2.43. The van der Waals surface area contributed by atoms with Gasteiger partial charge in [-0.15, -0.1) is 0 Å². The van der Waals surface area contributed by atoms with Crippen molar-refractivity contribution in [2.24, 2.45) is 11.7 Å². The third-order valence-electron chi connectivity index (χ3n) is 4.28. The molecule has 5 nitrogen and oxygen atoms in total. The van der Waals surface area contributed by atoms with Gasteiger partial charge in [0.05, 0.1) is 24.0 Å². The SMILES string of the molecule is CC(C)CC(CN)c1nc(C2CC3CCC2O3)no1. The molecule has 106 valence electrons. The fourth-order valence-corrected chi connectivity index (χ4v) is 3.34. The third-order valence-corrected chi connectivity index (χ3v) is 4.28. The first-order chi connectivity index (χ1) is 9.17. The van der Waals surface area contributed by atoms with Gasteiger partial charge in [0.25, 0.3) is 0 Å². The molecule has 2 N–H and O–H groups in total. The van der Waals surface area contributed by atoms with Gasteiger partial charge in [0.2, 0.25) is 5.89 Å². The molecule has 0 aliphatic carbocycles. The molecule has 2 fully saturated rings. The number of ether oxygens (including phenoxy) is 1. The van der Waals surface area contributed by atoms with Crippen LogP contribution in [0.1, 0.15) is 63.1 Å². The largest absolute Gasteiger partial charge is 0.374 e. The lowest BCUT2D eigenvalue weighted by molar-refractivity contribution is 0.0996. The predicted molar refractivity (Wildman–Crippen MR) is 70.8 cm³/mol. The summed E-state index contributed by atoms with van der Waals surface area (Å²) < 4.78 is 11.3. The van der Waals surface area contributed by atoms with Gasteiger partial charge in [-0.25, -0.2) is 0 Å². The summed E-state index contributed by atoms with van der Waals surface area (Å²) >= 11 is 0. The maximum absolute atomic E-state index is 5.85. The van der Waals surface area contributed by atoms with E-state index in [1.807, 2.05) is 0 Å². The number of rotatable bonds is 5. The van der Waals surface area contributed by atoms with Crippen LogP contribution in [0.4, 0.5) is 0 Å². The lowest BCUT2D eigenvalue weighted by Crippen LogP contribution is -2.17. The second-order valence-electron chi connectivity index (χ2n) is 6.27. The monoisotopic (exact) mass is 265 g/mol. The van der Waals surface area contributed by atoms with Crippen molar-refractivity contribution in [2.45, 2.75) is 63.6 Å². The fourth-order valence-electron chi connectivity index (χ4n) is 3.34. The van der Waals surface area contributed by atoms with Crippen molar-refractivity contribution < 1.29 is 9.26 Å². The van der Waals surface area contributed by atoms with Gasteiger partial charge in [-0.05, 0) is 31.6 Å². The number of hydrogen-bond donors (Lipinski definition) is 1. The Balaban J connectivity index is 1.72. The van der Waals surface area contributed by atoms with Crippen LogP contribution in [-0.4, -0.2) is 28.9 Å². The molecule has 0 spiro atoms. The molecule has 1 aromatic heterocycles. The fraction of sp³-hybridized carbons (Fsp3) is 0.857. The topological polar surface area (TPSA) is 74.2 Å². The van der Waals surface area contributed by atoms with Crippen LogP contribution < -0.4 is 5.73 Å². The second kappa shape index (κ2) is 5.21. The minimum atomic E-state index is 0.181. The quantitative estimate of drug-likeness (QED) is 0.883. The zero-order chi connectivity index (χ0) is 13.4. The van der Waals surface area contributed by atoms with E-state index in [9.17, 15) is 0 Å². The molecule has 2 bridgehead atoms. The summed E-state index contributed by atoms with van der Waals surface area (Å²) in [7, 11) is 0. The third kappa shape index (κ3) is 2.54. The molecule has 0 saturated carbocycles. The second-order valence-corrected chi connectivity index (χ2v) is 6.27. The zero-order valence-corrected chi connectivity index (χ0v) is 11.7. The molecule has 3 heterocycles. The van der Waals surface area contributed by atoms with E-state index in [4.69, 9.17) is 15.0 Å². The van der Waals surface area contributed by atoms with E-state index in [2.05, 4.69) is 24.0 Å². The van der Waals surface area contributed by atoms with Gasteiger partial charge in [-0.1, -0.05) is 19.0 Å². The average molecular weight is 265 g/mol. The molecule has 4 unspecified atom stereocenters. The van der Waals surface area contributed by atoms with Crippen molar-refractivity contribution in [1.82, 2.24) is 10.1 Å². The number of nitrogens with zero attached hydrogens (tertiary/aromatic N) is 2. The number of hydrogen-bond acceptors (Lipinski definition) is 5. The van der Waals surface area contributed by atoms with Crippen molar-refractivity contribution >= 4 is 0 Å². The van der Waals surface area contributed by atoms with Crippen molar-refractivity contribution in [3.05, 3.63) is 11.7 Å². The normalized spacial score (nSPS) is 31.3. The highest BCUT2D eigenvalue weighted by atomic mass is 16.5. The van der Waals surface area contributed by atoms with Crippen LogP contribution in [0.3, 0.4) is 0 Å². The molecule has 3 rings (SSSR count). The van der Waals surface area contributed by atoms with Crippen LogP contribution in [0.5, 0.6) is 0 Å². The molecule has 19 heavy (non-hydrogen) atoms. The molecule has 4 atom stereocenters. The van der Waals surface area contributed by atoms with Crippen molar-refractivity contribution in [3.63, 3.8) is 0 Å². The lowest BCUT2D eigenvalue weighted by atomic mass is 9.89. The van der Waals surface area contributed by atoms with Gasteiger partial charge in [0, 0.05) is 6.54 Å². The maximum Gasteiger partial charge on any atom is 0.231 e. The Kier molecular flexibility index (Phi) is 3.58. The van der Waals surface area contributed by atoms with E-state index >= 15 is 0 Å². The smallest absolute Gasteiger partial charge is 0.231 e. The minimum absolute atomic E-state index is 0.181. The first-order valence-electron chi connectivity index (χ1n) is 7.36. The van der Waals surface area contributed by atoms with Crippen LogP contribution >= 0.6 is 0 Å². The molecule has 0 amide bonds. The molecule has 5 heteroatoms. The van der Waals surface area contributed by atoms with Crippen LogP contribution in [0.2, 0.25) is 0 Å². The van der Waals surface area contributed by atoms with Crippen molar-refractivity contribution in [3.8, 4) is 0 Å². The summed E-state index contributed by atoms with van der Waals surface area (Å²) in [6, 6.07) is 0. The Morgan fingerprint density at radius 3 is 2.79 bits per heavy atom. The zero-order valence-electron chi connectivity index (χ0n) is 11.7. The summed E-state index contributed by atoms with van der Waals surface area (Å²) in [5.41, 5.74) is 5.82. The van der Waals surface area contributed by atoms with Gasteiger partial charge < -0.3 is 15.0 Å². The van der Waals surface area contributed by atoms with E-state index < -0.39 is 0 Å². The standard InChI is InChI=1S/C14H23N3O2/c1-8(2)5-9(7-15)14-16-13(17-19-14)11-6-10-3-4-12(11)18-10/h8-12H,3-7,15H2,1-2H3. The van der Waals surface area contributed by atoms with Crippen molar-refractivity contribution in [1.29, 1.82) is 0 Å². The summed E-state index contributed by atoms with van der Waals surface area (Å²) in [4.78, 5) is 4.60. The molecule has 2 aliphatic rings. The van der Waals surface area contributed by atoms with Crippen LogP contribution in [0, 0.1) is 5.92 Å². The number of aromatic nitrogens is 2. The molecular weight excluding hydrogens is 242 g/mol. The first-order valence-corrected chi connectivity index (χ1v) is 7.36. The summed E-state index contributed by atoms with van der Waals surface area (Å²) in [5.74, 6) is 2.61. The Morgan fingerprint density at radius 1 is 1.37 bits per heavy atom. The Labute approximate surface area is 113 Å². The summed E-state index contributed by atoms with van der Waals surface area (Å²) in [6.07, 6.45) is 5.07. The Morgan fingerprint density at radius 2 is 2.21 bits per heavy atom. The van der Waals surface area contributed by atoms with Gasteiger partial charge in [-0.2, -0.15) is 4.98 Å². The molecule has 0 aromatic carbocycles. The Hall–Kier alpha value is -0.940. The van der Waals surface area contributed by atoms with E-state index in [0.29, 0.717) is 36.5 Å². The first kappa shape index (κ1) is 13.1. The lowest BCUT2D eigenvalue weighted by Gasteiger charge is -2.14. The van der Waals surface area contributed by atoms with E-state index in [-0.39, 0.29) is 5.92 Å². The van der Waals surface area contributed by atoms with Gasteiger partial charge in [-0.3, -0.25) is 0 Å². The maximum atomic E-state index is 5.85. The van der Waals surface area contributed by atoms with E-state index in [1.54, 1.807) is 0 Å². The summed E-state index contributed by atoms with van der Waals surface area (Å²) in [6.45, 7) is 4.93. The molecule has 0 radical (unpaired) electrons. The molecule has 2 saturated heterocycles. The molecule has 1 aromatic rings. The summed E-state index contributed by atoms with van der Waals surface area (Å²) in [5, 5.41) is 4.17. The van der Waals surface area contributed by atoms with Crippen LogP contribution in [0.15, 0.2) is 4.52 Å². The minimum Gasteiger partial charge on any atom is -0.374 e. The highest BCUT2D eigenvalue weighted by Crippen LogP contribution is 2.43. The van der Waals surface area contributed by atoms with Crippen molar-refractivity contribution in [2.75, 3.05) is 6.54 Å².